The highest BCUT2D eigenvalue weighted by atomic mass is 16.5. The normalized spacial score (nSPS) is 14.1. The van der Waals surface area contributed by atoms with Crippen LogP contribution in [0.3, 0.4) is 0 Å². The average molecular weight is 220 g/mol. The van der Waals surface area contributed by atoms with Crippen molar-refractivity contribution in [2.24, 2.45) is 0 Å². The summed E-state index contributed by atoms with van der Waals surface area (Å²) in [4.78, 5) is 10.9. The SMILES string of the molecule is COC(=O)NCc1ccc2c(c1)CCNC2. The van der Waals surface area contributed by atoms with Crippen LogP contribution in [0.5, 0.6) is 0 Å². The molecule has 4 nitrogen and oxygen atoms in total. The lowest BCUT2D eigenvalue weighted by Gasteiger charge is -2.17. The van der Waals surface area contributed by atoms with E-state index in [0.29, 0.717) is 6.54 Å². The molecule has 0 unspecified atom stereocenters. The zero-order valence-corrected chi connectivity index (χ0v) is 9.38. The van der Waals surface area contributed by atoms with Crippen LogP contribution in [-0.2, 0) is 24.2 Å². The van der Waals surface area contributed by atoms with Gasteiger partial charge in [0.2, 0.25) is 0 Å². The molecule has 0 aromatic heterocycles. The highest BCUT2D eigenvalue weighted by Gasteiger charge is 2.09. The molecule has 1 amide bonds. The van der Waals surface area contributed by atoms with E-state index in [0.717, 1.165) is 25.1 Å². The molecule has 0 saturated carbocycles. The van der Waals surface area contributed by atoms with E-state index in [1.54, 1.807) is 0 Å². The summed E-state index contributed by atoms with van der Waals surface area (Å²) in [5.74, 6) is 0. The van der Waals surface area contributed by atoms with Crippen molar-refractivity contribution in [1.82, 2.24) is 10.6 Å². The molecule has 0 bridgehead atoms. The van der Waals surface area contributed by atoms with Crippen molar-refractivity contribution in [2.75, 3.05) is 13.7 Å². The molecule has 0 radical (unpaired) electrons. The minimum atomic E-state index is -0.389. The number of methoxy groups -OCH3 is 1. The fourth-order valence-electron chi connectivity index (χ4n) is 1.89. The number of carbonyl (C=O) groups excluding carboxylic acids is 1. The predicted molar refractivity (Wildman–Crippen MR) is 61.1 cm³/mol. The van der Waals surface area contributed by atoms with Crippen LogP contribution in [0.15, 0.2) is 18.2 Å². The summed E-state index contributed by atoms with van der Waals surface area (Å²) < 4.78 is 4.52. The van der Waals surface area contributed by atoms with Gasteiger partial charge in [-0.25, -0.2) is 4.79 Å². The second-order valence-electron chi connectivity index (χ2n) is 3.87. The van der Waals surface area contributed by atoms with Gasteiger partial charge < -0.3 is 15.4 Å². The molecule has 0 spiro atoms. The van der Waals surface area contributed by atoms with Gasteiger partial charge in [0, 0.05) is 13.1 Å². The summed E-state index contributed by atoms with van der Waals surface area (Å²) >= 11 is 0. The number of benzene rings is 1. The first-order valence-electron chi connectivity index (χ1n) is 5.43. The molecule has 16 heavy (non-hydrogen) atoms. The Morgan fingerprint density at radius 3 is 3.19 bits per heavy atom. The maximum Gasteiger partial charge on any atom is 0.407 e. The van der Waals surface area contributed by atoms with E-state index in [4.69, 9.17) is 0 Å². The largest absolute Gasteiger partial charge is 0.453 e. The van der Waals surface area contributed by atoms with E-state index in [2.05, 4.69) is 27.5 Å². The van der Waals surface area contributed by atoms with Crippen molar-refractivity contribution < 1.29 is 9.53 Å². The molecule has 0 fully saturated rings. The fourth-order valence-corrected chi connectivity index (χ4v) is 1.89. The predicted octanol–water partition coefficient (Wildman–Crippen LogP) is 1.19. The average Bonchev–Trinajstić information content (AvgIpc) is 2.35. The van der Waals surface area contributed by atoms with Crippen molar-refractivity contribution in [2.45, 2.75) is 19.5 Å². The van der Waals surface area contributed by atoms with Gasteiger partial charge in [-0.15, -0.1) is 0 Å². The Kier molecular flexibility index (Phi) is 3.41. The number of hydrogen-bond donors (Lipinski definition) is 2. The molecule has 1 aromatic rings. The van der Waals surface area contributed by atoms with Gasteiger partial charge >= 0.3 is 6.09 Å². The first kappa shape index (κ1) is 11.0. The number of alkyl carbamates (subject to hydrolysis) is 1. The molecule has 0 aliphatic carbocycles. The number of nitrogens with one attached hydrogen (secondary N) is 2. The molecule has 0 saturated heterocycles. The number of rotatable bonds is 2. The highest BCUT2D eigenvalue weighted by molar-refractivity contribution is 5.66. The van der Waals surface area contributed by atoms with Crippen molar-refractivity contribution in [3.05, 3.63) is 34.9 Å². The molecule has 1 heterocycles. The monoisotopic (exact) mass is 220 g/mol. The first-order chi connectivity index (χ1) is 7.79. The molecular formula is C12H16N2O2. The number of hydrogen-bond acceptors (Lipinski definition) is 3. The number of fused-ring (bicyclic) bond motifs is 1. The molecule has 1 aliphatic heterocycles. The lowest BCUT2D eigenvalue weighted by atomic mass is 9.98. The van der Waals surface area contributed by atoms with Crippen LogP contribution in [0.25, 0.3) is 0 Å². The van der Waals surface area contributed by atoms with Gasteiger partial charge in [0.25, 0.3) is 0 Å². The van der Waals surface area contributed by atoms with Gasteiger partial charge in [0.15, 0.2) is 0 Å². The van der Waals surface area contributed by atoms with Gasteiger partial charge in [-0.3, -0.25) is 0 Å². The summed E-state index contributed by atoms with van der Waals surface area (Å²) in [5, 5.41) is 6.01. The van der Waals surface area contributed by atoms with E-state index < -0.39 is 0 Å². The summed E-state index contributed by atoms with van der Waals surface area (Å²) in [6, 6.07) is 6.32. The highest BCUT2D eigenvalue weighted by Crippen LogP contribution is 2.15. The van der Waals surface area contributed by atoms with Crippen molar-refractivity contribution in [1.29, 1.82) is 0 Å². The Morgan fingerprint density at radius 2 is 2.38 bits per heavy atom. The van der Waals surface area contributed by atoms with Crippen molar-refractivity contribution in [3.63, 3.8) is 0 Å². The molecule has 2 rings (SSSR count). The van der Waals surface area contributed by atoms with Crippen LogP contribution in [-0.4, -0.2) is 19.7 Å². The first-order valence-corrected chi connectivity index (χ1v) is 5.43. The smallest absolute Gasteiger partial charge is 0.407 e. The standard InChI is InChI=1S/C12H16N2O2/c1-16-12(15)14-7-9-2-3-11-8-13-5-4-10(11)6-9/h2-3,6,13H,4-5,7-8H2,1H3,(H,14,15). The Balaban J connectivity index is 2.03. The van der Waals surface area contributed by atoms with E-state index in [1.807, 2.05) is 6.07 Å². The van der Waals surface area contributed by atoms with Crippen LogP contribution in [0, 0.1) is 0 Å². The molecule has 1 aliphatic rings. The topological polar surface area (TPSA) is 50.4 Å². The van der Waals surface area contributed by atoms with Crippen molar-refractivity contribution in [3.8, 4) is 0 Å². The third kappa shape index (κ3) is 2.52. The van der Waals surface area contributed by atoms with Crippen LogP contribution >= 0.6 is 0 Å². The van der Waals surface area contributed by atoms with Gasteiger partial charge in [0.05, 0.1) is 7.11 Å². The van der Waals surface area contributed by atoms with Gasteiger partial charge in [-0.2, -0.15) is 0 Å². The molecular weight excluding hydrogens is 204 g/mol. The lowest BCUT2D eigenvalue weighted by Crippen LogP contribution is -2.25. The molecule has 1 aromatic carbocycles. The lowest BCUT2D eigenvalue weighted by molar-refractivity contribution is 0.170. The maximum atomic E-state index is 10.9. The van der Waals surface area contributed by atoms with Crippen LogP contribution in [0.4, 0.5) is 4.79 Å². The Bertz CT molecular complexity index is 391. The maximum absolute atomic E-state index is 10.9. The number of ether oxygens (including phenoxy) is 1. The quantitative estimate of drug-likeness (QED) is 0.787. The van der Waals surface area contributed by atoms with E-state index in [1.165, 1.54) is 18.2 Å². The van der Waals surface area contributed by atoms with Gasteiger partial charge in [-0.05, 0) is 29.7 Å². The summed E-state index contributed by atoms with van der Waals surface area (Å²) in [6.45, 7) is 2.49. The minimum absolute atomic E-state index is 0.389. The number of amides is 1. The molecule has 4 heteroatoms. The Hall–Kier alpha value is -1.55. The Labute approximate surface area is 95.0 Å². The summed E-state index contributed by atoms with van der Waals surface area (Å²) in [7, 11) is 1.37. The van der Waals surface area contributed by atoms with Crippen LogP contribution in [0.1, 0.15) is 16.7 Å². The second kappa shape index (κ2) is 4.99. The third-order valence-corrected chi connectivity index (χ3v) is 2.78. The second-order valence-corrected chi connectivity index (χ2v) is 3.87. The van der Waals surface area contributed by atoms with Crippen LogP contribution < -0.4 is 10.6 Å². The van der Waals surface area contributed by atoms with Gasteiger partial charge in [-0.1, -0.05) is 18.2 Å². The summed E-state index contributed by atoms with van der Waals surface area (Å²) in [6.07, 6.45) is 0.667. The fraction of sp³-hybridized carbons (Fsp3) is 0.417. The summed E-state index contributed by atoms with van der Waals surface area (Å²) in [5.41, 5.74) is 3.85. The van der Waals surface area contributed by atoms with Crippen molar-refractivity contribution >= 4 is 6.09 Å². The molecule has 2 N–H and O–H groups in total. The van der Waals surface area contributed by atoms with Gasteiger partial charge in [0.1, 0.15) is 0 Å². The van der Waals surface area contributed by atoms with Crippen LogP contribution in [0.2, 0.25) is 0 Å². The third-order valence-electron chi connectivity index (χ3n) is 2.78. The number of carbonyl (C=O) groups is 1. The molecule has 0 atom stereocenters. The zero-order chi connectivity index (χ0) is 11.4. The van der Waals surface area contributed by atoms with E-state index in [9.17, 15) is 4.79 Å². The Morgan fingerprint density at radius 1 is 1.50 bits per heavy atom. The van der Waals surface area contributed by atoms with E-state index in [-0.39, 0.29) is 6.09 Å². The van der Waals surface area contributed by atoms with E-state index >= 15 is 0 Å². The zero-order valence-electron chi connectivity index (χ0n) is 9.38. The molecule has 86 valence electrons. The minimum Gasteiger partial charge on any atom is -0.453 e.